The van der Waals surface area contributed by atoms with E-state index in [0.29, 0.717) is 18.1 Å². The molecule has 1 aromatic rings. The van der Waals surface area contributed by atoms with Gasteiger partial charge < -0.3 is 9.80 Å². The Kier molecular flexibility index (Phi) is 7.00. The van der Waals surface area contributed by atoms with Crippen molar-refractivity contribution in [2.75, 3.05) is 40.8 Å². The van der Waals surface area contributed by atoms with Crippen molar-refractivity contribution in [1.82, 2.24) is 9.80 Å². The zero-order chi connectivity index (χ0) is 16.7. The second-order valence-corrected chi connectivity index (χ2v) is 6.94. The molecule has 0 aromatic heterocycles. The molecule has 0 radical (unpaired) electrons. The molecule has 0 N–H and O–H groups in total. The maximum Gasteiger partial charge on any atom is 0.163 e. The third-order valence-electron chi connectivity index (χ3n) is 4.50. The maximum absolute atomic E-state index is 12.2. The molecule has 0 aliphatic heterocycles. The molecule has 1 unspecified atom stereocenters. The molecular formula is C20H30N2O. The van der Waals surface area contributed by atoms with Crippen LogP contribution in [-0.4, -0.2) is 56.4 Å². The molecule has 0 heterocycles. The largest absolute Gasteiger partial charge is 0.309 e. The molecule has 23 heavy (non-hydrogen) atoms. The second-order valence-electron chi connectivity index (χ2n) is 6.94. The summed E-state index contributed by atoms with van der Waals surface area (Å²) < 4.78 is 0. The van der Waals surface area contributed by atoms with Crippen molar-refractivity contribution in [3.63, 3.8) is 0 Å². The Balaban J connectivity index is 1.73. The average Bonchev–Trinajstić information content (AvgIpc) is 2.88. The van der Waals surface area contributed by atoms with Crippen LogP contribution in [0, 0.1) is 5.92 Å². The third-order valence-corrected chi connectivity index (χ3v) is 4.50. The van der Waals surface area contributed by atoms with Crippen LogP contribution in [0.4, 0.5) is 0 Å². The predicted octanol–water partition coefficient (Wildman–Crippen LogP) is 3.32. The first-order valence-electron chi connectivity index (χ1n) is 8.70. The maximum atomic E-state index is 12.2. The summed E-state index contributed by atoms with van der Waals surface area (Å²) in [6, 6.07) is 10.1. The lowest BCUT2D eigenvalue weighted by molar-refractivity contribution is -0.113. The van der Waals surface area contributed by atoms with E-state index in [2.05, 4.69) is 37.0 Å². The van der Waals surface area contributed by atoms with Gasteiger partial charge in [0, 0.05) is 12.0 Å². The van der Waals surface area contributed by atoms with Crippen molar-refractivity contribution in [3.8, 4) is 0 Å². The van der Waals surface area contributed by atoms with Gasteiger partial charge in [0.05, 0.1) is 0 Å². The Morgan fingerprint density at radius 2 is 1.70 bits per heavy atom. The first kappa shape index (κ1) is 17.9. The van der Waals surface area contributed by atoms with E-state index in [9.17, 15) is 4.79 Å². The molecule has 0 spiro atoms. The van der Waals surface area contributed by atoms with Gasteiger partial charge in [0.2, 0.25) is 0 Å². The van der Waals surface area contributed by atoms with Gasteiger partial charge >= 0.3 is 0 Å². The Hall–Kier alpha value is -1.45. The van der Waals surface area contributed by atoms with Crippen LogP contribution in [0.1, 0.15) is 31.2 Å². The molecule has 1 aliphatic carbocycles. The number of benzene rings is 1. The molecule has 3 heteroatoms. The highest BCUT2D eigenvalue weighted by Crippen LogP contribution is 2.31. The molecule has 0 bridgehead atoms. The Morgan fingerprint density at radius 3 is 2.39 bits per heavy atom. The van der Waals surface area contributed by atoms with Gasteiger partial charge in [-0.3, -0.25) is 4.79 Å². The number of carbonyl (C=O) groups is 1. The molecule has 1 aliphatic rings. The van der Waals surface area contributed by atoms with Gasteiger partial charge in [-0.05, 0) is 71.5 Å². The second kappa shape index (κ2) is 8.99. The Bertz CT molecular complexity index is 522. The van der Waals surface area contributed by atoms with Crippen LogP contribution < -0.4 is 0 Å². The number of nitrogens with zero attached hydrogens (tertiary/aromatic N) is 2. The minimum absolute atomic E-state index is 0.306. The van der Waals surface area contributed by atoms with E-state index in [1.807, 2.05) is 30.3 Å². The van der Waals surface area contributed by atoms with Crippen LogP contribution in [0.3, 0.4) is 0 Å². The number of hydrogen-bond donors (Lipinski definition) is 0. The average molecular weight is 314 g/mol. The molecular weight excluding hydrogens is 284 g/mol. The van der Waals surface area contributed by atoms with Gasteiger partial charge in [0.15, 0.2) is 5.78 Å². The summed E-state index contributed by atoms with van der Waals surface area (Å²) in [6.07, 6.45) is 6.37. The smallest absolute Gasteiger partial charge is 0.163 e. The molecule has 126 valence electrons. The van der Waals surface area contributed by atoms with E-state index in [4.69, 9.17) is 0 Å². The number of rotatable bonds is 9. The molecule has 2 rings (SSSR count). The third kappa shape index (κ3) is 5.92. The minimum atomic E-state index is 0.306. The highest BCUT2D eigenvalue weighted by molar-refractivity contribution is 6.22. The topological polar surface area (TPSA) is 23.6 Å². The highest BCUT2D eigenvalue weighted by Gasteiger charge is 2.24. The summed E-state index contributed by atoms with van der Waals surface area (Å²) in [5.74, 6) is 0.730. The standard InChI is InChI=1S/C20H30N2O/c1-21(2)12-8-14-22(3)13-7-9-17-15-19(20(23)16-17)18-10-5-4-6-11-18/h4-6,10-11,15,17H,7-9,12-14,16H2,1-3H3. The number of ketones is 1. The minimum Gasteiger partial charge on any atom is -0.309 e. The predicted molar refractivity (Wildman–Crippen MR) is 97.4 cm³/mol. The first-order valence-corrected chi connectivity index (χ1v) is 8.70. The number of carbonyl (C=O) groups excluding carboxylic acids is 1. The SMILES string of the molecule is CN(C)CCCN(C)CCCC1C=C(c2ccccc2)C(=O)C1. The normalized spacial score (nSPS) is 18.0. The first-order chi connectivity index (χ1) is 11.1. The van der Waals surface area contributed by atoms with Crippen molar-refractivity contribution in [3.05, 3.63) is 42.0 Å². The van der Waals surface area contributed by atoms with Crippen molar-refractivity contribution in [2.24, 2.45) is 5.92 Å². The quantitative estimate of drug-likeness (QED) is 0.698. The van der Waals surface area contributed by atoms with E-state index in [-0.39, 0.29) is 0 Å². The van der Waals surface area contributed by atoms with Crippen LogP contribution in [0.25, 0.3) is 5.57 Å². The van der Waals surface area contributed by atoms with Gasteiger partial charge in [-0.1, -0.05) is 36.4 Å². The van der Waals surface area contributed by atoms with Crippen molar-refractivity contribution in [2.45, 2.75) is 25.7 Å². The van der Waals surface area contributed by atoms with Crippen molar-refractivity contribution < 1.29 is 4.79 Å². The van der Waals surface area contributed by atoms with Crippen LogP contribution in [0.2, 0.25) is 0 Å². The molecule has 0 saturated heterocycles. The number of allylic oxidation sites excluding steroid dienone is 2. The van der Waals surface area contributed by atoms with E-state index < -0.39 is 0 Å². The highest BCUT2D eigenvalue weighted by atomic mass is 16.1. The van der Waals surface area contributed by atoms with Gasteiger partial charge in [0.1, 0.15) is 0 Å². The van der Waals surface area contributed by atoms with E-state index in [1.165, 1.54) is 6.42 Å². The molecule has 0 fully saturated rings. The Morgan fingerprint density at radius 1 is 1.00 bits per heavy atom. The molecule has 3 nitrogen and oxygen atoms in total. The summed E-state index contributed by atoms with van der Waals surface area (Å²) in [6.45, 7) is 3.41. The fourth-order valence-corrected chi connectivity index (χ4v) is 3.19. The molecule has 1 atom stereocenters. The monoisotopic (exact) mass is 314 g/mol. The van der Waals surface area contributed by atoms with Gasteiger partial charge in [-0.2, -0.15) is 0 Å². The summed E-state index contributed by atoms with van der Waals surface area (Å²) in [7, 11) is 6.43. The summed E-state index contributed by atoms with van der Waals surface area (Å²) in [5, 5.41) is 0. The molecule has 0 amide bonds. The lowest BCUT2D eigenvalue weighted by Crippen LogP contribution is -2.24. The Labute approximate surface area is 141 Å². The van der Waals surface area contributed by atoms with Gasteiger partial charge in [-0.15, -0.1) is 0 Å². The summed E-state index contributed by atoms with van der Waals surface area (Å²) in [5.41, 5.74) is 2.00. The van der Waals surface area contributed by atoms with E-state index in [0.717, 1.165) is 43.6 Å². The number of hydrogen-bond acceptors (Lipinski definition) is 3. The lowest BCUT2D eigenvalue weighted by atomic mass is 10.0. The summed E-state index contributed by atoms with van der Waals surface area (Å²) in [4.78, 5) is 16.8. The summed E-state index contributed by atoms with van der Waals surface area (Å²) >= 11 is 0. The molecule has 1 aromatic carbocycles. The van der Waals surface area contributed by atoms with E-state index >= 15 is 0 Å². The van der Waals surface area contributed by atoms with Crippen molar-refractivity contribution in [1.29, 1.82) is 0 Å². The fraction of sp³-hybridized carbons (Fsp3) is 0.550. The van der Waals surface area contributed by atoms with Crippen LogP contribution in [0.15, 0.2) is 36.4 Å². The van der Waals surface area contributed by atoms with Crippen LogP contribution in [0.5, 0.6) is 0 Å². The van der Waals surface area contributed by atoms with Gasteiger partial charge in [-0.25, -0.2) is 0 Å². The number of Topliss-reactive ketones (excluding diaryl/α,β-unsaturated/α-hetero) is 1. The zero-order valence-electron chi connectivity index (χ0n) is 14.8. The van der Waals surface area contributed by atoms with Crippen molar-refractivity contribution >= 4 is 11.4 Å². The van der Waals surface area contributed by atoms with Gasteiger partial charge in [0.25, 0.3) is 0 Å². The fourth-order valence-electron chi connectivity index (χ4n) is 3.19. The molecule has 0 saturated carbocycles. The zero-order valence-corrected chi connectivity index (χ0v) is 14.8. The van der Waals surface area contributed by atoms with E-state index in [1.54, 1.807) is 0 Å². The van der Waals surface area contributed by atoms with Crippen LogP contribution in [-0.2, 0) is 4.79 Å². The van der Waals surface area contributed by atoms with Crippen LogP contribution >= 0.6 is 0 Å². The lowest BCUT2D eigenvalue weighted by Gasteiger charge is -2.18.